The number of hydrogen-bond donors (Lipinski definition) is 2. The number of hydrogen-bond acceptors (Lipinski definition) is 5. The van der Waals surface area contributed by atoms with Gasteiger partial charge in [-0.2, -0.15) is 0 Å². The Morgan fingerprint density at radius 1 is 1.30 bits per heavy atom. The average Bonchev–Trinajstić information content (AvgIpc) is 2.54. The van der Waals surface area contributed by atoms with Crippen LogP contribution >= 0.6 is 0 Å². The summed E-state index contributed by atoms with van der Waals surface area (Å²) in [4.78, 5) is 26.4. The van der Waals surface area contributed by atoms with E-state index in [1.165, 1.54) is 0 Å². The molecule has 2 saturated heterocycles. The van der Waals surface area contributed by atoms with Crippen molar-refractivity contribution >= 4 is 11.8 Å². The summed E-state index contributed by atoms with van der Waals surface area (Å²) in [6.45, 7) is 2.49. The Morgan fingerprint density at radius 2 is 2.00 bits per heavy atom. The average molecular weight is 285 g/mol. The van der Waals surface area contributed by atoms with Gasteiger partial charge >= 0.3 is 0 Å². The zero-order chi connectivity index (χ0) is 14.6. The predicted octanol–water partition coefficient (Wildman–Crippen LogP) is -1.28. The molecule has 2 aliphatic heterocycles. The number of likely N-dealkylation sites (N-methyl/N-ethyl adjacent to an activating group) is 1. The van der Waals surface area contributed by atoms with E-state index in [4.69, 9.17) is 15.2 Å². The fourth-order valence-electron chi connectivity index (χ4n) is 2.80. The molecule has 3 N–H and O–H groups in total. The minimum Gasteiger partial charge on any atom is -0.381 e. The van der Waals surface area contributed by atoms with Gasteiger partial charge in [0.15, 0.2) is 0 Å². The number of nitrogens with two attached hydrogens (primary N) is 1. The highest BCUT2D eigenvalue weighted by Crippen LogP contribution is 2.32. The van der Waals surface area contributed by atoms with Crippen LogP contribution < -0.4 is 11.1 Å². The Balaban J connectivity index is 2.17. The van der Waals surface area contributed by atoms with Gasteiger partial charge in [0.25, 0.3) is 0 Å². The monoisotopic (exact) mass is 285 g/mol. The molecule has 0 radical (unpaired) electrons. The first-order valence-corrected chi connectivity index (χ1v) is 7.03. The number of nitrogens with one attached hydrogen (secondary N) is 1. The second-order valence-corrected chi connectivity index (χ2v) is 5.30. The number of rotatable bonds is 3. The lowest BCUT2D eigenvalue weighted by molar-refractivity contribution is -0.160. The predicted molar refractivity (Wildman–Crippen MR) is 71.9 cm³/mol. The summed E-state index contributed by atoms with van der Waals surface area (Å²) in [5.41, 5.74) is 5.27. The molecule has 0 aromatic heterocycles. The SMILES string of the molecule is CNC(=O)C1COCCN1C(=O)C1(CN)CCOCC1. The van der Waals surface area contributed by atoms with Crippen molar-refractivity contribution in [2.75, 3.05) is 46.6 Å². The summed E-state index contributed by atoms with van der Waals surface area (Å²) in [6, 6.07) is -0.562. The van der Waals surface area contributed by atoms with Crippen molar-refractivity contribution in [2.45, 2.75) is 18.9 Å². The molecule has 0 bridgehead atoms. The van der Waals surface area contributed by atoms with Gasteiger partial charge in [-0.1, -0.05) is 0 Å². The molecule has 0 spiro atoms. The summed E-state index contributed by atoms with van der Waals surface area (Å²) in [7, 11) is 1.56. The van der Waals surface area contributed by atoms with Crippen LogP contribution in [0.25, 0.3) is 0 Å². The van der Waals surface area contributed by atoms with Gasteiger partial charge in [-0.25, -0.2) is 0 Å². The maximum atomic E-state index is 12.9. The van der Waals surface area contributed by atoms with E-state index in [0.717, 1.165) is 0 Å². The standard InChI is InChI=1S/C13H23N3O4/c1-15-11(17)10-8-20-7-4-16(10)12(18)13(9-14)2-5-19-6-3-13/h10H,2-9,14H2,1H3,(H,15,17). The van der Waals surface area contributed by atoms with Crippen LogP contribution in [0.4, 0.5) is 0 Å². The summed E-state index contributed by atoms with van der Waals surface area (Å²) in [5, 5.41) is 2.58. The molecule has 2 aliphatic rings. The molecule has 2 fully saturated rings. The summed E-state index contributed by atoms with van der Waals surface area (Å²) >= 11 is 0. The second-order valence-electron chi connectivity index (χ2n) is 5.30. The van der Waals surface area contributed by atoms with Crippen molar-refractivity contribution in [3.05, 3.63) is 0 Å². The molecule has 2 heterocycles. The Bertz CT molecular complexity index is 369. The highest BCUT2D eigenvalue weighted by molar-refractivity contribution is 5.90. The molecule has 0 aromatic rings. The van der Waals surface area contributed by atoms with Crippen molar-refractivity contribution in [1.29, 1.82) is 0 Å². The molecule has 1 unspecified atom stereocenters. The van der Waals surface area contributed by atoms with Crippen LogP contribution in [0.3, 0.4) is 0 Å². The van der Waals surface area contributed by atoms with Crippen LogP contribution in [0, 0.1) is 5.41 Å². The number of carbonyl (C=O) groups excluding carboxylic acids is 2. The quantitative estimate of drug-likeness (QED) is 0.673. The normalized spacial score (nSPS) is 26.1. The van der Waals surface area contributed by atoms with Gasteiger partial charge in [0.1, 0.15) is 6.04 Å². The molecule has 114 valence electrons. The van der Waals surface area contributed by atoms with E-state index in [0.29, 0.717) is 39.2 Å². The third-order valence-corrected chi connectivity index (χ3v) is 4.23. The van der Waals surface area contributed by atoms with Crippen molar-refractivity contribution in [3.63, 3.8) is 0 Å². The van der Waals surface area contributed by atoms with Crippen LogP contribution in [-0.4, -0.2) is 69.3 Å². The maximum absolute atomic E-state index is 12.9. The van der Waals surface area contributed by atoms with Crippen LogP contribution in [0.5, 0.6) is 0 Å². The molecule has 1 atom stereocenters. The molecule has 2 amide bonds. The van der Waals surface area contributed by atoms with E-state index < -0.39 is 11.5 Å². The summed E-state index contributed by atoms with van der Waals surface area (Å²) < 4.78 is 10.7. The molecule has 7 nitrogen and oxygen atoms in total. The molecule has 0 saturated carbocycles. The van der Waals surface area contributed by atoms with Crippen molar-refractivity contribution in [1.82, 2.24) is 10.2 Å². The maximum Gasteiger partial charge on any atom is 0.244 e. The fourth-order valence-corrected chi connectivity index (χ4v) is 2.80. The van der Waals surface area contributed by atoms with E-state index in [2.05, 4.69) is 5.32 Å². The van der Waals surface area contributed by atoms with Gasteiger partial charge in [0, 0.05) is 33.4 Å². The van der Waals surface area contributed by atoms with E-state index in [-0.39, 0.29) is 25.0 Å². The van der Waals surface area contributed by atoms with E-state index >= 15 is 0 Å². The highest BCUT2D eigenvalue weighted by atomic mass is 16.5. The third-order valence-electron chi connectivity index (χ3n) is 4.23. The lowest BCUT2D eigenvalue weighted by atomic mass is 9.78. The molecule has 0 aliphatic carbocycles. The van der Waals surface area contributed by atoms with Crippen LogP contribution in [0.15, 0.2) is 0 Å². The van der Waals surface area contributed by atoms with Gasteiger partial charge in [-0.05, 0) is 12.8 Å². The number of carbonyl (C=O) groups is 2. The number of morpholine rings is 1. The van der Waals surface area contributed by atoms with Crippen molar-refractivity contribution in [2.24, 2.45) is 11.1 Å². The first kappa shape index (κ1) is 15.2. The van der Waals surface area contributed by atoms with Crippen molar-refractivity contribution in [3.8, 4) is 0 Å². The topological polar surface area (TPSA) is 93.9 Å². The second kappa shape index (κ2) is 6.51. The summed E-state index contributed by atoms with van der Waals surface area (Å²) in [6.07, 6.45) is 1.22. The third kappa shape index (κ3) is 2.79. The van der Waals surface area contributed by atoms with Crippen LogP contribution in [0.2, 0.25) is 0 Å². The first-order valence-electron chi connectivity index (χ1n) is 7.03. The number of ether oxygens (including phenoxy) is 2. The lowest BCUT2D eigenvalue weighted by Crippen LogP contribution is -2.60. The highest BCUT2D eigenvalue weighted by Gasteiger charge is 2.45. The van der Waals surface area contributed by atoms with Gasteiger partial charge in [0.05, 0.1) is 18.6 Å². The Morgan fingerprint density at radius 3 is 2.60 bits per heavy atom. The Hall–Kier alpha value is -1.18. The number of nitrogens with zero attached hydrogens (tertiary/aromatic N) is 1. The van der Waals surface area contributed by atoms with Gasteiger partial charge < -0.3 is 25.4 Å². The van der Waals surface area contributed by atoms with Crippen LogP contribution in [0.1, 0.15) is 12.8 Å². The van der Waals surface area contributed by atoms with Gasteiger partial charge in [-0.3, -0.25) is 9.59 Å². The van der Waals surface area contributed by atoms with E-state index in [1.54, 1.807) is 11.9 Å². The van der Waals surface area contributed by atoms with Crippen LogP contribution in [-0.2, 0) is 19.1 Å². The summed E-state index contributed by atoms with van der Waals surface area (Å²) in [5.74, 6) is -0.238. The van der Waals surface area contributed by atoms with Gasteiger partial charge in [0.2, 0.25) is 11.8 Å². The van der Waals surface area contributed by atoms with Gasteiger partial charge in [-0.15, -0.1) is 0 Å². The number of amides is 2. The molecular weight excluding hydrogens is 262 g/mol. The minimum absolute atomic E-state index is 0.0415. The first-order chi connectivity index (χ1) is 9.64. The Kier molecular flexibility index (Phi) is 4.95. The Labute approximate surface area is 118 Å². The smallest absolute Gasteiger partial charge is 0.244 e. The zero-order valence-corrected chi connectivity index (χ0v) is 11.9. The van der Waals surface area contributed by atoms with E-state index in [1.807, 2.05) is 0 Å². The fraction of sp³-hybridized carbons (Fsp3) is 0.846. The largest absolute Gasteiger partial charge is 0.381 e. The molecule has 7 heteroatoms. The zero-order valence-electron chi connectivity index (χ0n) is 11.9. The van der Waals surface area contributed by atoms with Crippen molar-refractivity contribution < 1.29 is 19.1 Å². The molecule has 0 aromatic carbocycles. The minimum atomic E-state index is -0.595. The molecule has 20 heavy (non-hydrogen) atoms. The molecular formula is C13H23N3O4. The van der Waals surface area contributed by atoms with E-state index in [9.17, 15) is 9.59 Å². The molecule has 2 rings (SSSR count). The lowest BCUT2D eigenvalue weighted by Gasteiger charge is -2.42.